The third kappa shape index (κ3) is 5.35. The maximum atomic E-state index is 6.50. The lowest BCUT2D eigenvalue weighted by molar-refractivity contribution is 1.07. The number of aromatic nitrogens is 3. The molecule has 0 fully saturated rings. The van der Waals surface area contributed by atoms with Crippen LogP contribution in [0, 0.1) is 0 Å². The summed E-state index contributed by atoms with van der Waals surface area (Å²) in [5.41, 5.74) is 8.71. The molecule has 0 radical (unpaired) electrons. The van der Waals surface area contributed by atoms with Crippen LogP contribution in [0.3, 0.4) is 0 Å². The number of halogens is 1. The molecule has 3 nitrogen and oxygen atoms in total. The van der Waals surface area contributed by atoms with Crippen LogP contribution >= 0.6 is 11.6 Å². The molecule has 1 heterocycles. The lowest BCUT2D eigenvalue weighted by Gasteiger charge is -2.12. The highest BCUT2D eigenvalue weighted by Crippen LogP contribution is 2.34. The van der Waals surface area contributed by atoms with Gasteiger partial charge in [-0.05, 0) is 90.8 Å². The molecule has 0 N–H and O–H groups in total. The molecular weight excluding hydrogens is 570 g/mol. The second-order valence-electron chi connectivity index (χ2n) is 11.1. The molecule has 212 valence electrons. The van der Waals surface area contributed by atoms with E-state index in [0.29, 0.717) is 11.6 Å². The van der Waals surface area contributed by atoms with Crippen LogP contribution in [0.4, 0.5) is 0 Å². The minimum absolute atomic E-state index is 0.164. The zero-order chi connectivity index (χ0) is 30.2. The van der Waals surface area contributed by atoms with Crippen LogP contribution < -0.4 is 0 Å². The normalized spacial score (nSPS) is 11.2. The summed E-state index contributed by atoms with van der Waals surface area (Å²) in [5, 5.41) is 4.89. The standard InChI is InChI=1S/C41H26ClN3/c42-41-44-39(35-14-8-13-34(26-35)38-16-7-6-15-37(38)28-10-2-1-3-11-28)43-40(45-41)36-22-21-32-24-31(19-20-33(32)25-36)30-18-17-27-9-4-5-12-29(27)23-30/h1-26H. The van der Waals surface area contributed by atoms with Crippen molar-refractivity contribution in [1.29, 1.82) is 0 Å². The fraction of sp³-hybridized carbons (Fsp3) is 0. The van der Waals surface area contributed by atoms with Gasteiger partial charge in [0.15, 0.2) is 11.6 Å². The highest BCUT2D eigenvalue weighted by atomic mass is 35.5. The predicted molar refractivity (Wildman–Crippen MR) is 187 cm³/mol. The molecule has 0 amide bonds. The topological polar surface area (TPSA) is 38.7 Å². The van der Waals surface area contributed by atoms with Gasteiger partial charge >= 0.3 is 0 Å². The second-order valence-corrected chi connectivity index (χ2v) is 11.4. The van der Waals surface area contributed by atoms with Crippen LogP contribution in [0.2, 0.25) is 5.28 Å². The molecule has 45 heavy (non-hydrogen) atoms. The smallest absolute Gasteiger partial charge is 0.208 e. The van der Waals surface area contributed by atoms with E-state index in [4.69, 9.17) is 16.6 Å². The first-order valence-electron chi connectivity index (χ1n) is 14.9. The Morgan fingerprint density at radius 2 is 0.778 bits per heavy atom. The first-order valence-corrected chi connectivity index (χ1v) is 15.3. The van der Waals surface area contributed by atoms with E-state index in [-0.39, 0.29) is 5.28 Å². The van der Waals surface area contributed by atoms with Gasteiger partial charge in [0.25, 0.3) is 0 Å². The van der Waals surface area contributed by atoms with Gasteiger partial charge < -0.3 is 0 Å². The van der Waals surface area contributed by atoms with E-state index in [1.54, 1.807) is 0 Å². The minimum Gasteiger partial charge on any atom is -0.208 e. The predicted octanol–water partition coefficient (Wildman–Crippen LogP) is 11.2. The number of hydrogen-bond acceptors (Lipinski definition) is 3. The molecule has 0 aliphatic heterocycles. The fourth-order valence-corrected chi connectivity index (χ4v) is 6.13. The summed E-state index contributed by atoms with van der Waals surface area (Å²) in [6.07, 6.45) is 0. The van der Waals surface area contributed by atoms with Gasteiger partial charge in [-0.25, -0.2) is 4.98 Å². The van der Waals surface area contributed by atoms with Gasteiger partial charge in [0.1, 0.15) is 0 Å². The van der Waals surface area contributed by atoms with Crippen molar-refractivity contribution in [2.75, 3.05) is 0 Å². The van der Waals surface area contributed by atoms with Crippen LogP contribution in [0.15, 0.2) is 158 Å². The molecule has 0 spiro atoms. The third-order valence-electron chi connectivity index (χ3n) is 8.23. The van der Waals surface area contributed by atoms with Crippen molar-refractivity contribution < 1.29 is 0 Å². The maximum absolute atomic E-state index is 6.50. The van der Waals surface area contributed by atoms with Crippen molar-refractivity contribution in [2.45, 2.75) is 0 Å². The average Bonchev–Trinajstić information content (AvgIpc) is 3.11. The Kier molecular flexibility index (Phi) is 6.86. The summed E-state index contributed by atoms with van der Waals surface area (Å²) in [4.78, 5) is 13.9. The zero-order valence-electron chi connectivity index (χ0n) is 24.2. The van der Waals surface area contributed by atoms with E-state index in [2.05, 4.69) is 149 Å². The van der Waals surface area contributed by atoms with Gasteiger partial charge in [-0.3, -0.25) is 0 Å². The molecule has 4 heteroatoms. The molecule has 0 bridgehead atoms. The molecule has 1 aromatic heterocycles. The van der Waals surface area contributed by atoms with E-state index < -0.39 is 0 Å². The summed E-state index contributed by atoms with van der Waals surface area (Å²) >= 11 is 6.50. The summed E-state index contributed by atoms with van der Waals surface area (Å²) in [6.45, 7) is 0. The van der Waals surface area contributed by atoms with E-state index in [1.165, 1.54) is 33.0 Å². The SMILES string of the molecule is Clc1nc(-c2cccc(-c3ccccc3-c3ccccc3)c2)nc(-c2ccc3cc(-c4ccc5ccccc5c4)ccc3c2)n1. The fourth-order valence-electron chi connectivity index (χ4n) is 5.97. The van der Waals surface area contributed by atoms with Crippen molar-refractivity contribution in [1.82, 2.24) is 15.0 Å². The summed E-state index contributed by atoms with van der Waals surface area (Å²) in [6, 6.07) is 55.0. The molecular formula is C41H26ClN3. The molecule has 8 rings (SSSR count). The van der Waals surface area contributed by atoms with Gasteiger partial charge in [0.2, 0.25) is 5.28 Å². The highest BCUT2D eigenvalue weighted by molar-refractivity contribution is 6.28. The molecule has 0 saturated carbocycles. The van der Waals surface area contributed by atoms with E-state index in [9.17, 15) is 0 Å². The molecule has 0 unspecified atom stereocenters. The Morgan fingerprint density at radius 1 is 0.311 bits per heavy atom. The summed E-state index contributed by atoms with van der Waals surface area (Å²) in [5.74, 6) is 1.08. The average molecular weight is 596 g/mol. The van der Waals surface area contributed by atoms with Crippen LogP contribution in [-0.2, 0) is 0 Å². The van der Waals surface area contributed by atoms with Gasteiger partial charge in [-0.15, -0.1) is 0 Å². The molecule has 8 aromatic rings. The van der Waals surface area contributed by atoms with Crippen molar-refractivity contribution in [3.8, 4) is 56.2 Å². The molecule has 7 aromatic carbocycles. The van der Waals surface area contributed by atoms with Crippen molar-refractivity contribution >= 4 is 33.1 Å². The number of rotatable bonds is 5. The van der Waals surface area contributed by atoms with Crippen molar-refractivity contribution in [3.05, 3.63) is 163 Å². The van der Waals surface area contributed by atoms with Crippen LogP contribution in [0.5, 0.6) is 0 Å². The Morgan fingerprint density at radius 3 is 1.49 bits per heavy atom. The van der Waals surface area contributed by atoms with Crippen molar-refractivity contribution in [2.24, 2.45) is 0 Å². The van der Waals surface area contributed by atoms with Crippen LogP contribution in [-0.4, -0.2) is 15.0 Å². The molecule has 0 saturated heterocycles. The Bertz CT molecular complexity index is 2350. The summed E-state index contributed by atoms with van der Waals surface area (Å²) < 4.78 is 0. The Labute approximate surface area is 266 Å². The largest absolute Gasteiger partial charge is 0.226 e. The first kappa shape index (κ1) is 26.9. The quantitative estimate of drug-likeness (QED) is 0.199. The molecule has 0 aliphatic rings. The highest BCUT2D eigenvalue weighted by Gasteiger charge is 2.13. The first-order chi connectivity index (χ1) is 22.2. The van der Waals surface area contributed by atoms with Gasteiger partial charge in [0.05, 0.1) is 0 Å². The zero-order valence-corrected chi connectivity index (χ0v) is 25.0. The van der Waals surface area contributed by atoms with Gasteiger partial charge in [-0.1, -0.05) is 133 Å². The Hall–Kier alpha value is -5.64. The number of hydrogen-bond donors (Lipinski definition) is 0. The molecule has 0 aliphatic carbocycles. The second kappa shape index (κ2) is 11.5. The summed E-state index contributed by atoms with van der Waals surface area (Å²) in [7, 11) is 0. The van der Waals surface area contributed by atoms with E-state index in [0.717, 1.165) is 33.0 Å². The molecule has 0 atom stereocenters. The third-order valence-corrected chi connectivity index (χ3v) is 8.40. The lowest BCUT2D eigenvalue weighted by Crippen LogP contribution is -1.97. The number of benzene rings is 7. The lowest BCUT2D eigenvalue weighted by atomic mass is 9.94. The monoisotopic (exact) mass is 595 g/mol. The van der Waals surface area contributed by atoms with Gasteiger partial charge in [0, 0.05) is 11.1 Å². The Balaban J connectivity index is 1.14. The van der Waals surface area contributed by atoms with Gasteiger partial charge in [-0.2, -0.15) is 9.97 Å². The van der Waals surface area contributed by atoms with E-state index in [1.807, 2.05) is 18.2 Å². The van der Waals surface area contributed by atoms with Crippen LogP contribution in [0.1, 0.15) is 0 Å². The van der Waals surface area contributed by atoms with Crippen molar-refractivity contribution in [3.63, 3.8) is 0 Å². The number of fused-ring (bicyclic) bond motifs is 2. The van der Waals surface area contributed by atoms with E-state index >= 15 is 0 Å². The minimum atomic E-state index is 0.164. The number of nitrogens with zero attached hydrogens (tertiary/aromatic N) is 3. The maximum Gasteiger partial charge on any atom is 0.226 e. The van der Waals surface area contributed by atoms with Crippen LogP contribution in [0.25, 0.3) is 77.7 Å².